The van der Waals surface area contributed by atoms with E-state index in [1.165, 1.54) is 12.1 Å². The number of carbonyl (C=O) groups excluding carboxylic acids is 1. The number of rotatable bonds is 7. The van der Waals surface area contributed by atoms with Gasteiger partial charge in [0, 0.05) is 16.9 Å². The molecular formula is C31H24FN3O2S2. The van der Waals surface area contributed by atoms with E-state index in [2.05, 4.69) is 13.0 Å². The first-order valence-electron chi connectivity index (χ1n) is 12.6. The van der Waals surface area contributed by atoms with Gasteiger partial charge in [-0.1, -0.05) is 54.7 Å². The quantitative estimate of drug-likeness (QED) is 0.151. The minimum Gasteiger partial charge on any atom is -0.423 e. The average Bonchev–Trinajstić information content (AvgIpc) is 3.74. The van der Waals surface area contributed by atoms with E-state index in [1.807, 2.05) is 46.8 Å². The van der Waals surface area contributed by atoms with E-state index < -0.39 is 5.97 Å². The summed E-state index contributed by atoms with van der Waals surface area (Å²) in [6, 6.07) is 27.0. The standard InChI is InChI=1S/C31H24FN3O2S2/c1-2-27-29(21-12-16-24(17-13-21)37-30(36)22-7-4-3-5-8-22)33-31(39-27)35-26(20-10-14-23(32)15-11-20)19-25(34-35)28-9-6-18-38-28/h3-18,26H,2,19H2,1H3/t26-/m1/s1. The van der Waals surface area contributed by atoms with Crippen molar-refractivity contribution in [2.24, 2.45) is 5.10 Å². The monoisotopic (exact) mass is 553 g/mol. The van der Waals surface area contributed by atoms with Crippen LogP contribution >= 0.6 is 22.7 Å². The van der Waals surface area contributed by atoms with E-state index in [4.69, 9.17) is 14.8 Å². The predicted molar refractivity (Wildman–Crippen MR) is 155 cm³/mol. The number of nitrogens with zero attached hydrogens (tertiary/aromatic N) is 3. The molecule has 5 aromatic rings. The van der Waals surface area contributed by atoms with Crippen LogP contribution in [0.15, 0.2) is 101 Å². The van der Waals surface area contributed by atoms with Gasteiger partial charge in [-0.3, -0.25) is 0 Å². The second-order valence-electron chi connectivity index (χ2n) is 9.04. The number of esters is 1. The number of aromatic nitrogens is 1. The van der Waals surface area contributed by atoms with E-state index >= 15 is 0 Å². The minimum atomic E-state index is -0.395. The summed E-state index contributed by atoms with van der Waals surface area (Å²) in [5, 5.41) is 9.81. The lowest BCUT2D eigenvalue weighted by molar-refractivity contribution is 0.0735. The molecule has 1 aliphatic rings. The van der Waals surface area contributed by atoms with Gasteiger partial charge < -0.3 is 4.74 Å². The maximum Gasteiger partial charge on any atom is 0.343 e. The normalized spacial score (nSPS) is 14.9. The highest BCUT2D eigenvalue weighted by molar-refractivity contribution is 7.16. The van der Waals surface area contributed by atoms with Gasteiger partial charge in [-0.15, -0.1) is 11.3 Å². The fourth-order valence-electron chi connectivity index (χ4n) is 4.55. The molecule has 0 saturated carbocycles. The molecule has 8 heteroatoms. The van der Waals surface area contributed by atoms with Gasteiger partial charge in [0.2, 0.25) is 5.13 Å². The summed E-state index contributed by atoms with van der Waals surface area (Å²) in [5.41, 5.74) is 4.32. The summed E-state index contributed by atoms with van der Waals surface area (Å²) in [6.07, 6.45) is 1.53. The van der Waals surface area contributed by atoms with Crippen LogP contribution in [-0.4, -0.2) is 16.7 Å². The number of anilines is 1. The lowest BCUT2D eigenvalue weighted by atomic mass is 10.0. The molecular weight excluding hydrogens is 529 g/mol. The second-order valence-corrected chi connectivity index (χ2v) is 11.1. The first-order valence-corrected chi connectivity index (χ1v) is 14.3. The predicted octanol–water partition coefficient (Wildman–Crippen LogP) is 8.15. The van der Waals surface area contributed by atoms with Gasteiger partial charge in [0.1, 0.15) is 11.6 Å². The molecule has 0 aliphatic carbocycles. The molecule has 0 bridgehead atoms. The molecule has 3 heterocycles. The zero-order valence-corrected chi connectivity index (χ0v) is 22.7. The summed E-state index contributed by atoms with van der Waals surface area (Å²) in [6.45, 7) is 2.11. The van der Waals surface area contributed by atoms with Gasteiger partial charge in [0.15, 0.2) is 0 Å². The Morgan fingerprint density at radius 3 is 2.46 bits per heavy atom. The number of halogens is 1. The lowest BCUT2D eigenvalue weighted by Gasteiger charge is -2.21. The number of hydrazone groups is 1. The fourth-order valence-corrected chi connectivity index (χ4v) is 6.29. The largest absolute Gasteiger partial charge is 0.423 e. The van der Waals surface area contributed by atoms with Crippen LogP contribution in [0.4, 0.5) is 9.52 Å². The zero-order chi connectivity index (χ0) is 26.8. The number of thiazole rings is 1. The number of thiophene rings is 1. The van der Waals surface area contributed by atoms with Crippen molar-refractivity contribution in [3.05, 3.63) is 123 Å². The van der Waals surface area contributed by atoms with Crippen molar-refractivity contribution in [3.8, 4) is 17.0 Å². The van der Waals surface area contributed by atoms with E-state index in [-0.39, 0.29) is 11.9 Å². The molecule has 6 rings (SSSR count). The fraction of sp³-hybridized carbons (Fsp3) is 0.129. The van der Waals surface area contributed by atoms with Crippen molar-refractivity contribution in [3.63, 3.8) is 0 Å². The number of ether oxygens (including phenoxy) is 1. The van der Waals surface area contributed by atoms with E-state index in [0.717, 1.165) is 43.8 Å². The molecule has 0 unspecified atom stereocenters. The Labute approximate surface area is 233 Å². The van der Waals surface area contributed by atoms with Gasteiger partial charge in [-0.25, -0.2) is 19.2 Å². The second kappa shape index (κ2) is 10.9. The van der Waals surface area contributed by atoms with Crippen molar-refractivity contribution >= 4 is 39.5 Å². The van der Waals surface area contributed by atoms with Gasteiger partial charge in [0.05, 0.1) is 27.9 Å². The van der Waals surface area contributed by atoms with Crippen LogP contribution in [0.2, 0.25) is 0 Å². The Kier molecular flexibility index (Phi) is 7.04. The Bertz CT molecular complexity index is 1610. The van der Waals surface area contributed by atoms with Crippen LogP contribution in [-0.2, 0) is 6.42 Å². The number of aryl methyl sites for hydroxylation is 1. The Hall–Kier alpha value is -4.14. The SMILES string of the molecule is CCc1sc(N2N=C(c3cccs3)C[C@@H]2c2ccc(F)cc2)nc1-c1ccc(OC(=O)c2ccccc2)cc1. The number of hydrogen-bond acceptors (Lipinski definition) is 7. The van der Waals surface area contributed by atoms with E-state index in [9.17, 15) is 9.18 Å². The average molecular weight is 554 g/mol. The smallest absolute Gasteiger partial charge is 0.343 e. The van der Waals surface area contributed by atoms with Crippen LogP contribution in [0, 0.1) is 5.82 Å². The van der Waals surface area contributed by atoms with Crippen LogP contribution in [0.5, 0.6) is 5.75 Å². The topological polar surface area (TPSA) is 54.8 Å². The minimum absolute atomic E-state index is 0.0776. The summed E-state index contributed by atoms with van der Waals surface area (Å²) >= 11 is 3.28. The lowest BCUT2D eigenvalue weighted by Crippen LogP contribution is -2.18. The maximum atomic E-state index is 13.7. The van der Waals surface area contributed by atoms with Crippen molar-refractivity contribution < 1.29 is 13.9 Å². The molecule has 0 spiro atoms. The van der Waals surface area contributed by atoms with Crippen LogP contribution in [0.3, 0.4) is 0 Å². The third-order valence-electron chi connectivity index (χ3n) is 6.52. The summed E-state index contributed by atoms with van der Waals surface area (Å²) < 4.78 is 19.2. The molecule has 194 valence electrons. The third kappa shape index (κ3) is 5.26. The van der Waals surface area contributed by atoms with E-state index in [1.54, 1.807) is 59.1 Å². The Morgan fingerprint density at radius 1 is 1.00 bits per heavy atom. The Balaban J connectivity index is 1.30. The van der Waals surface area contributed by atoms with Crippen molar-refractivity contribution in [1.82, 2.24) is 4.98 Å². The van der Waals surface area contributed by atoms with E-state index in [0.29, 0.717) is 17.7 Å². The highest BCUT2D eigenvalue weighted by atomic mass is 32.1. The summed E-state index contributed by atoms with van der Waals surface area (Å²) in [7, 11) is 0. The first kappa shape index (κ1) is 25.2. The van der Waals surface area contributed by atoms with Gasteiger partial charge >= 0.3 is 5.97 Å². The molecule has 1 aliphatic heterocycles. The number of carbonyl (C=O) groups is 1. The van der Waals surface area contributed by atoms with Crippen LogP contribution in [0.25, 0.3) is 11.3 Å². The van der Waals surface area contributed by atoms with Crippen LogP contribution < -0.4 is 9.75 Å². The summed E-state index contributed by atoms with van der Waals surface area (Å²) in [4.78, 5) is 19.7. The third-order valence-corrected chi connectivity index (χ3v) is 8.63. The van der Waals surface area contributed by atoms with Gasteiger partial charge in [-0.2, -0.15) is 5.10 Å². The molecule has 0 radical (unpaired) electrons. The zero-order valence-electron chi connectivity index (χ0n) is 21.1. The van der Waals surface area contributed by atoms with Gasteiger partial charge in [0.25, 0.3) is 0 Å². The molecule has 0 saturated heterocycles. The van der Waals surface area contributed by atoms with Crippen molar-refractivity contribution in [2.75, 3.05) is 5.01 Å². The molecule has 5 nitrogen and oxygen atoms in total. The van der Waals surface area contributed by atoms with Crippen molar-refractivity contribution in [2.45, 2.75) is 25.8 Å². The molecule has 0 fully saturated rings. The first-order chi connectivity index (χ1) is 19.1. The molecule has 1 atom stereocenters. The highest BCUT2D eigenvalue weighted by Gasteiger charge is 2.33. The highest BCUT2D eigenvalue weighted by Crippen LogP contribution is 2.42. The molecule has 2 aromatic heterocycles. The molecule has 39 heavy (non-hydrogen) atoms. The molecule has 0 N–H and O–H groups in total. The number of benzene rings is 3. The molecule has 3 aromatic carbocycles. The molecule has 0 amide bonds. The van der Waals surface area contributed by atoms with Gasteiger partial charge in [-0.05, 0) is 72.0 Å². The summed E-state index contributed by atoms with van der Waals surface area (Å²) in [5.74, 6) is -0.179. The maximum absolute atomic E-state index is 13.7. The Morgan fingerprint density at radius 2 is 1.77 bits per heavy atom. The van der Waals surface area contributed by atoms with Crippen molar-refractivity contribution in [1.29, 1.82) is 0 Å². The van der Waals surface area contributed by atoms with Crippen LogP contribution in [0.1, 0.15) is 45.1 Å². The number of hydrogen-bond donors (Lipinski definition) is 0.